The minimum atomic E-state index is -0.0993. The van der Waals surface area contributed by atoms with Crippen molar-refractivity contribution in [2.24, 2.45) is 7.05 Å². The summed E-state index contributed by atoms with van der Waals surface area (Å²) in [5.74, 6) is -0.198. The lowest BCUT2D eigenvalue weighted by atomic mass is 10.2. The summed E-state index contributed by atoms with van der Waals surface area (Å²) in [6, 6.07) is 4.75. The molecule has 2 N–H and O–H groups in total. The maximum atomic E-state index is 9.33. The average molecular weight is 234 g/mol. The molecule has 1 heterocycles. The molecule has 82 valence electrons. The van der Waals surface area contributed by atoms with Gasteiger partial charge in [-0.2, -0.15) is 4.57 Å². The maximum Gasteiger partial charge on any atom is 0.261 e. The Hall–Kier alpha value is -1.81. The fraction of sp³-hybridized carbons (Fsp3) is 0.0833. The number of phenols is 2. The molecule has 0 aliphatic heterocycles. The highest BCUT2D eigenvalue weighted by atomic mass is 32.1. The van der Waals surface area contributed by atoms with Crippen molar-refractivity contribution in [1.29, 1.82) is 0 Å². The van der Waals surface area contributed by atoms with Crippen LogP contribution in [0.4, 0.5) is 0 Å². The Balaban J connectivity index is 2.24. The second-order valence-corrected chi connectivity index (χ2v) is 4.36. The zero-order chi connectivity index (χ0) is 11.5. The van der Waals surface area contributed by atoms with Crippen molar-refractivity contribution in [3.8, 4) is 11.5 Å². The van der Waals surface area contributed by atoms with Gasteiger partial charge in [0.15, 0.2) is 17.7 Å². The predicted octanol–water partition coefficient (Wildman–Crippen LogP) is 2.15. The Labute approximate surface area is 97.6 Å². The van der Waals surface area contributed by atoms with E-state index in [9.17, 15) is 5.11 Å². The first-order valence-corrected chi connectivity index (χ1v) is 5.68. The third-order valence-corrected chi connectivity index (χ3v) is 3.16. The van der Waals surface area contributed by atoms with Crippen molar-refractivity contribution in [2.45, 2.75) is 0 Å². The topological polar surface area (TPSA) is 44.3 Å². The third-order valence-electron chi connectivity index (χ3n) is 2.24. The fourth-order valence-electron chi connectivity index (χ4n) is 1.32. The summed E-state index contributed by atoms with van der Waals surface area (Å²) in [5.41, 5.74) is 0.851. The lowest BCUT2D eigenvalue weighted by molar-refractivity contribution is -0.668. The Morgan fingerprint density at radius 3 is 2.62 bits per heavy atom. The van der Waals surface area contributed by atoms with Crippen LogP contribution in [0.25, 0.3) is 12.2 Å². The summed E-state index contributed by atoms with van der Waals surface area (Å²) in [4.78, 5) is 0. The molecule has 3 nitrogen and oxygen atoms in total. The van der Waals surface area contributed by atoms with Crippen molar-refractivity contribution >= 4 is 23.5 Å². The molecule has 1 aromatic carbocycles. The van der Waals surface area contributed by atoms with Gasteiger partial charge in [-0.1, -0.05) is 17.4 Å². The predicted molar refractivity (Wildman–Crippen MR) is 64.2 cm³/mol. The van der Waals surface area contributed by atoms with Gasteiger partial charge >= 0.3 is 0 Å². The zero-order valence-electron chi connectivity index (χ0n) is 8.79. The molecule has 0 radical (unpaired) electrons. The summed E-state index contributed by atoms with van der Waals surface area (Å²) in [7, 11) is 1.98. The van der Waals surface area contributed by atoms with E-state index in [0.717, 1.165) is 10.6 Å². The molecule has 2 rings (SSSR count). The van der Waals surface area contributed by atoms with Gasteiger partial charge < -0.3 is 10.2 Å². The highest BCUT2D eigenvalue weighted by Crippen LogP contribution is 2.25. The molecular weight excluding hydrogens is 222 g/mol. The van der Waals surface area contributed by atoms with E-state index in [0.29, 0.717) is 0 Å². The van der Waals surface area contributed by atoms with Gasteiger partial charge in [0.05, 0.1) is 5.38 Å². The van der Waals surface area contributed by atoms with E-state index in [-0.39, 0.29) is 11.5 Å². The van der Waals surface area contributed by atoms with Crippen LogP contribution in [-0.2, 0) is 7.05 Å². The number of phenolic OH excluding ortho intramolecular Hbond substituents is 2. The number of thiazole rings is 1. The van der Waals surface area contributed by atoms with E-state index in [4.69, 9.17) is 5.11 Å². The van der Waals surface area contributed by atoms with Gasteiger partial charge in [0, 0.05) is 6.08 Å². The van der Waals surface area contributed by atoms with Gasteiger partial charge in [-0.3, -0.25) is 0 Å². The van der Waals surface area contributed by atoms with Gasteiger partial charge in [0.2, 0.25) is 0 Å². The molecule has 0 atom stereocenters. The van der Waals surface area contributed by atoms with Gasteiger partial charge in [-0.25, -0.2) is 0 Å². The molecule has 0 amide bonds. The fourth-order valence-corrected chi connectivity index (χ4v) is 2.07. The Morgan fingerprint density at radius 1 is 1.19 bits per heavy atom. The summed E-state index contributed by atoms with van der Waals surface area (Å²) in [6.07, 6.45) is 5.85. The highest BCUT2D eigenvalue weighted by molar-refractivity contribution is 7.10. The number of rotatable bonds is 2. The first-order chi connectivity index (χ1) is 7.66. The van der Waals surface area contributed by atoms with Crippen molar-refractivity contribution < 1.29 is 14.8 Å². The molecule has 0 aliphatic carbocycles. The van der Waals surface area contributed by atoms with E-state index >= 15 is 0 Å². The molecule has 0 aliphatic rings. The van der Waals surface area contributed by atoms with Gasteiger partial charge in [-0.05, 0) is 23.8 Å². The summed E-state index contributed by atoms with van der Waals surface area (Å²) in [5, 5.41) is 21.6. The standard InChI is InChI=1S/C12H11NO2S/c1-13-6-7-16-12(13)5-3-9-2-4-10(14)11(15)8-9/h2-8,15H,1H3/p+1. The van der Waals surface area contributed by atoms with Gasteiger partial charge in [0.1, 0.15) is 7.05 Å². The van der Waals surface area contributed by atoms with Crippen molar-refractivity contribution in [1.82, 2.24) is 0 Å². The summed E-state index contributed by atoms with van der Waals surface area (Å²) >= 11 is 1.64. The minimum Gasteiger partial charge on any atom is -0.504 e. The third kappa shape index (κ3) is 2.23. The van der Waals surface area contributed by atoms with Gasteiger partial charge in [0.25, 0.3) is 5.01 Å². The van der Waals surface area contributed by atoms with Crippen LogP contribution in [0.5, 0.6) is 11.5 Å². The van der Waals surface area contributed by atoms with Crippen LogP contribution in [0.1, 0.15) is 10.6 Å². The van der Waals surface area contributed by atoms with Crippen LogP contribution in [0.2, 0.25) is 0 Å². The second kappa shape index (κ2) is 4.37. The summed E-state index contributed by atoms with van der Waals surface area (Å²) < 4.78 is 2.02. The summed E-state index contributed by atoms with van der Waals surface area (Å²) in [6.45, 7) is 0. The smallest absolute Gasteiger partial charge is 0.261 e. The maximum absolute atomic E-state index is 9.33. The van der Waals surface area contributed by atoms with E-state index in [1.54, 1.807) is 17.4 Å². The molecule has 1 aromatic heterocycles. The second-order valence-electron chi connectivity index (χ2n) is 3.43. The molecule has 0 bridgehead atoms. The normalized spacial score (nSPS) is 11.1. The SMILES string of the molecule is C[n+]1ccsc1C=Cc1ccc(O)c(O)c1. The number of benzene rings is 1. The molecule has 2 aromatic rings. The number of aromatic hydroxyl groups is 2. The molecule has 16 heavy (non-hydrogen) atoms. The molecular formula is C12H12NO2S+. The van der Waals surface area contributed by atoms with E-state index in [2.05, 4.69) is 0 Å². The first kappa shape index (κ1) is 10.7. The zero-order valence-corrected chi connectivity index (χ0v) is 9.61. The Kier molecular flexibility index (Phi) is 2.92. The lowest BCUT2D eigenvalue weighted by Gasteiger charge is -1.97. The number of nitrogens with zero attached hydrogens (tertiary/aromatic N) is 1. The van der Waals surface area contributed by atoms with E-state index < -0.39 is 0 Å². The number of hydrogen-bond acceptors (Lipinski definition) is 3. The molecule has 0 saturated heterocycles. The van der Waals surface area contributed by atoms with E-state index in [1.807, 2.05) is 35.3 Å². The average Bonchev–Trinajstić information content (AvgIpc) is 2.66. The van der Waals surface area contributed by atoms with Crippen molar-refractivity contribution in [2.75, 3.05) is 0 Å². The molecule has 0 saturated carbocycles. The first-order valence-electron chi connectivity index (χ1n) is 4.80. The van der Waals surface area contributed by atoms with Crippen LogP contribution in [0.3, 0.4) is 0 Å². The largest absolute Gasteiger partial charge is 0.504 e. The van der Waals surface area contributed by atoms with Crippen LogP contribution >= 0.6 is 11.3 Å². The Morgan fingerprint density at radius 2 is 2.00 bits per heavy atom. The van der Waals surface area contributed by atoms with Gasteiger partial charge in [-0.15, -0.1) is 0 Å². The van der Waals surface area contributed by atoms with Crippen LogP contribution in [-0.4, -0.2) is 10.2 Å². The monoisotopic (exact) mass is 234 g/mol. The molecule has 0 unspecified atom stereocenters. The lowest BCUT2D eigenvalue weighted by Crippen LogP contribution is -2.26. The Bertz CT molecular complexity index is 532. The van der Waals surface area contributed by atoms with Crippen LogP contribution < -0.4 is 4.57 Å². The molecule has 4 heteroatoms. The molecule has 0 spiro atoms. The highest BCUT2D eigenvalue weighted by Gasteiger charge is 2.03. The number of aromatic nitrogens is 1. The van der Waals surface area contributed by atoms with Crippen LogP contribution in [0, 0.1) is 0 Å². The number of hydrogen-bond donors (Lipinski definition) is 2. The molecule has 0 fully saturated rings. The van der Waals surface area contributed by atoms with Crippen molar-refractivity contribution in [3.05, 3.63) is 40.3 Å². The van der Waals surface area contributed by atoms with Crippen molar-refractivity contribution in [3.63, 3.8) is 0 Å². The quantitative estimate of drug-likeness (QED) is 0.617. The van der Waals surface area contributed by atoms with E-state index in [1.165, 1.54) is 12.1 Å². The number of aryl methyl sites for hydroxylation is 1. The minimum absolute atomic E-state index is 0.0983. The van der Waals surface area contributed by atoms with Crippen LogP contribution in [0.15, 0.2) is 29.8 Å².